The van der Waals surface area contributed by atoms with E-state index in [9.17, 15) is 0 Å². The molecule has 0 spiro atoms. The van der Waals surface area contributed by atoms with Gasteiger partial charge in [-0.15, -0.1) is 0 Å². The van der Waals surface area contributed by atoms with Crippen LogP contribution in [0, 0.1) is 0 Å². The fourth-order valence-corrected chi connectivity index (χ4v) is 2.25. The molecule has 2 nitrogen and oxygen atoms in total. The van der Waals surface area contributed by atoms with E-state index in [-0.39, 0.29) is 11.0 Å². The number of H-pyrrole nitrogens is 1. The highest BCUT2D eigenvalue weighted by molar-refractivity contribution is 9.10. The Kier molecular flexibility index (Phi) is 6.57. The fourth-order valence-electron chi connectivity index (χ4n) is 1.77. The summed E-state index contributed by atoms with van der Waals surface area (Å²) in [6.45, 7) is 13.0. The van der Waals surface area contributed by atoms with Gasteiger partial charge in [0.05, 0.1) is 4.60 Å². The maximum absolute atomic E-state index is 5.76. The predicted molar refractivity (Wildman–Crippen MR) is 102 cm³/mol. The van der Waals surface area contributed by atoms with E-state index in [1.165, 1.54) is 5.56 Å². The molecule has 0 aliphatic carbocycles. The van der Waals surface area contributed by atoms with E-state index in [0.717, 1.165) is 15.3 Å². The normalized spacial score (nSPS) is 11.6. The van der Waals surface area contributed by atoms with Gasteiger partial charge < -0.3 is 10.3 Å². The Hall–Kier alpha value is -0.930. The number of aromatic nitrogens is 1. The molecule has 1 aromatic heterocycles. The Labute approximate surface area is 147 Å². The van der Waals surface area contributed by atoms with Gasteiger partial charge >= 0.3 is 0 Å². The van der Waals surface area contributed by atoms with Crippen LogP contribution in [0.1, 0.15) is 47.1 Å². The van der Waals surface area contributed by atoms with Crippen LogP contribution in [0.3, 0.4) is 0 Å². The quantitative estimate of drug-likeness (QED) is 0.566. The molecule has 0 amide bonds. The minimum atomic E-state index is 0.105. The first kappa shape index (κ1) is 19.1. The third kappa shape index (κ3) is 7.37. The van der Waals surface area contributed by atoms with Gasteiger partial charge in [-0.05, 0) is 78.0 Å². The van der Waals surface area contributed by atoms with Gasteiger partial charge in [-0.3, -0.25) is 0 Å². The standard InChI is InChI=1S/C10H14ClN.C8H12BrN/c1-10(2,3)12-9-6-4-8(11)5-7-9;1-8(2,3)6-4-7(9)10-5-6/h4-7,12H,1-3H3;4-5,10H,1-3H3. The largest absolute Gasteiger partial charge is 0.380 e. The van der Waals surface area contributed by atoms with Crippen LogP contribution in [0.4, 0.5) is 5.69 Å². The number of hydrogen-bond acceptors (Lipinski definition) is 1. The number of hydrogen-bond donors (Lipinski definition) is 2. The number of rotatable bonds is 1. The third-order valence-corrected chi connectivity index (χ3v) is 3.59. The summed E-state index contributed by atoms with van der Waals surface area (Å²) in [7, 11) is 0. The molecular formula is C18H26BrClN2. The molecule has 2 rings (SSSR count). The summed E-state index contributed by atoms with van der Waals surface area (Å²) in [6, 6.07) is 9.84. The molecule has 4 heteroatoms. The Morgan fingerprint density at radius 3 is 1.86 bits per heavy atom. The van der Waals surface area contributed by atoms with Crippen molar-refractivity contribution >= 4 is 33.2 Å². The summed E-state index contributed by atoms with van der Waals surface area (Å²) in [4.78, 5) is 3.09. The summed E-state index contributed by atoms with van der Waals surface area (Å²) >= 11 is 9.12. The number of anilines is 1. The van der Waals surface area contributed by atoms with E-state index in [1.807, 2.05) is 30.5 Å². The Balaban J connectivity index is 0.000000224. The molecular weight excluding hydrogens is 360 g/mol. The van der Waals surface area contributed by atoms with E-state index in [2.05, 4.69) is 73.8 Å². The molecule has 2 N–H and O–H groups in total. The van der Waals surface area contributed by atoms with Crippen molar-refractivity contribution in [1.82, 2.24) is 4.98 Å². The fraction of sp³-hybridized carbons (Fsp3) is 0.444. The summed E-state index contributed by atoms with van der Waals surface area (Å²) in [5, 5.41) is 4.12. The molecule has 22 heavy (non-hydrogen) atoms. The number of aromatic amines is 1. The molecule has 2 aromatic rings. The minimum Gasteiger partial charge on any atom is -0.380 e. The lowest BCUT2D eigenvalue weighted by Crippen LogP contribution is -2.25. The number of nitrogens with one attached hydrogen (secondary N) is 2. The highest BCUT2D eigenvalue weighted by Gasteiger charge is 2.14. The van der Waals surface area contributed by atoms with Crippen molar-refractivity contribution in [1.29, 1.82) is 0 Å². The molecule has 0 saturated heterocycles. The Bertz CT molecular complexity index is 574. The first-order valence-corrected chi connectivity index (χ1v) is 8.52. The monoisotopic (exact) mass is 384 g/mol. The van der Waals surface area contributed by atoms with Crippen molar-refractivity contribution < 1.29 is 0 Å². The van der Waals surface area contributed by atoms with Crippen LogP contribution >= 0.6 is 27.5 Å². The van der Waals surface area contributed by atoms with Crippen LogP contribution in [0.25, 0.3) is 0 Å². The average Bonchev–Trinajstić information content (AvgIpc) is 2.78. The average molecular weight is 386 g/mol. The van der Waals surface area contributed by atoms with Crippen LogP contribution in [0.15, 0.2) is 41.1 Å². The maximum atomic E-state index is 5.76. The first-order chi connectivity index (χ1) is 9.97. The molecule has 0 aliphatic rings. The second kappa shape index (κ2) is 7.56. The van der Waals surface area contributed by atoms with Gasteiger partial charge in [-0.25, -0.2) is 0 Å². The SMILES string of the molecule is CC(C)(C)Nc1ccc(Cl)cc1.CC(C)(C)c1c[nH]c(Br)c1. The molecule has 0 saturated carbocycles. The maximum Gasteiger partial charge on any atom is 0.0823 e. The van der Waals surface area contributed by atoms with Crippen molar-refractivity contribution in [3.8, 4) is 0 Å². The zero-order chi connectivity index (χ0) is 17.0. The van der Waals surface area contributed by atoms with Gasteiger partial charge in [0.25, 0.3) is 0 Å². The van der Waals surface area contributed by atoms with Gasteiger partial charge in [0.1, 0.15) is 0 Å². The minimum absolute atomic E-state index is 0.105. The van der Waals surface area contributed by atoms with Crippen LogP contribution < -0.4 is 5.32 Å². The summed E-state index contributed by atoms with van der Waals surface area (Å²) < 4.78 is 1.05. The topological polar surface area (TPSA) is 27.8 Å². The Morgan fingerprint density at radius 1 is 1.00 bits per heavy atom. The zero-order valence-electron chi connectivity index (χ0n) is 14.2. The van der Waals surface area contributed by atoms with E-state index < -0.39 is 0 Å². The van der Waals surface area contributed by atoms with E-state index in [4.69, 9.17) is 11.6 Å². The zero-order valence-corrected chi connectivity index (χ0v) is 16.6. The second-order valence-corrected chi connectivity index (χ2v) is 8.66. The van der Waals surface area contributed by atoms with Crippen molar-refractivity contribution in [2.75, 3.05) is 5.32 Å². The van der Waals surface area contributed by atoms with Crippen molar-refractivity contribution in [2.45, 2.75) is 52.5 Å². The van der Waals surface area contributed by atoms with Gasteiger partial charge in [-0.1, -0.05) is 32.4 Å². The third-order valence-electron chi connectivity index (χ3n) is 2.88. The van der Waals surface area contributed by atoms with Gasteiger partial charge in [0.2, 0.25) is 0 Å². The summed E-state index contributed by atoms with van der Waals surface area (Å²) in [6.07, 6.45) is 2.03. The van der Waals surface area contributed by atoms with Crippen LogP contribution in [-0.4, -0.2) is 10.5 Å². The molecule has 0 aliphatic heterocycles. The number of halogens is 2. The smallest absolute Gasteiger partial charge is 0.0823 e. The molecule has 0 radical (unpaired) electrons. The van der Waals surface area contributed by atoms with Crippen molar-refractivity contribution in [3.05, 3.63) is 51.7 Å². The molecule has 1 heterocycles. The van der Waals surface area contributed by atoms with E-state index in [0.29, 0.717) is 0 Å². The summed E-state index contributed by atoms with van der Waals surface area (Å²) in [5.74, 6) is 0. The van der Waals surface area contributed by atoms with Gasteiger partial charge in [0, 0.05) is 22.4 Å². The van der Waals surface area contributed by atoms with Crippen LogP contribution in [0.5, 0.6) is 0 Å². The van der Waals surface area contributed by atoms with Crippen LogP contribution in [0.2, 0.25) is 5.02 Å². The molecule has 0 fully saturated rings. The lowest BCUT2D eigenvalue weighted by Gasteiger charge is -2.21. The van der Waals surface area contributed by atoms with Gasteiger partial charge in [0.15, 0.2) is 0 Å². The molecule has 122 valence electrons. The number of benzene rings is 1. The molecule has 0 bridgehead atoms. The van der Waals surface area contributed by atoms with Crippen molar-refractivity contribution in [3.63, 3.8) is 0 Å². The van der Waals surface area contributed by atoms with Gasteiger partial charge in [-0.2, -0.15) is 0 Å². The van der Waals surface area contributed by atoms with E-state index >= 15 is 0 Å². The highest BCUT2D eigenvalue weighted by Crippen LogP contribution is 2.24. The lowest BCUT2D eigenvalue weighted by molar-refractivity contribution is 0.591. The van der Waals surface area contributed by atoms with E-state index in [1.54, 1.807) is 0 Å². The lowest BCUT2D eigenvalue weighted by atomic mass is 9.89. The molecule has 1 aromatic carbocycles. The summed E-state index contributed by atoms with van der Waals surface area (Å²) in [5.41, 5.74) is 2.79. The Morgan fingerprint density at radius 2 is 1.55 bits per heavy atom. The highest BCUT2D eigenvalue weighted by atomic mass is 79.9. The molecule has 0 unspecified atom stereocenters. The first-order valence-electron chi connectivity index (χ1n) is 7.35. The van der Waals surface area contributed by atoms with Crippen molar-refractivity contribution in [2.24, 2.45) is 0 Å². The van der Waals surface area contributed by atoms with Crippen LogP contribution in [-0.2, 0) is 5.41 Å². The predicted octanol–water partition coefficient (Wildman–Crippen LogP) is 6.63. The second-order valence-electron chi connectivity index (χ2n) is 7.37. The molecule has 0 atom stereocenters.